The molecule has 0 unspecified atom stereocenters. The molecule has 0 aromatic carbocycles. The van der Waals surface area contributed by atoms with E-state index in [0.717, 1.165) is 25.2 Å². The number of amides is 1. The normalized spacial score (nSPS) is 17.4. The molecule has 1 atom stereocenters. The van der Waals surface area contributed by atoms with Crippen LogP contribution in [0.5, 0.6) is 0 Å². The highest BCUT2D eigenvalue weighted by Gasteiger charge is 2.27. The van der Waals surface area contributed by atoms with Crippen LogP contribution in [0.3, 0.4) is 0 Å². The summed E-state index contributed by atoms with van der Waals surface area (Å²) in [6.07, 6.45) is 4.78. The number of hydrogen-bond donors (Lipinski definition) is 1. The Hall–Kier alpha value is -3.16. The average molecular weight is 339 g/mol. The Balaban J connectivity index is 1.43. The van der Waals surface area contributed by atoms with Gasteiger partial charge in [0.15, 0.2) is 17.4 Å². The van der Waals surface area contributed by atoms with Crippen LogP contribution in [0.4, 0.5) is 11.6 Å². The number of aromatic nitrogens is 3. The molecule has 4 rings (SSSR count). The van der Waals surface area contributed by atoms with Crippen LogP contribution in [0, 0.1) is 5.92 Å². The van der Waals surface area contributed by atoms with E-state index < -0.39 is 0 Å². The van der Waals surface area contributed by atoms with E-state index >= 15 is 0 Å². The molecule has 0 aliphatic carbocycles. The molecular weight excluding hydrogens is 322 g/mol. The zero-order valence-electron chi connectivity index (χ0n) is 13.5. The van der Waals surface area contributed by atoms with Gasteiger partial charge in [-0.05, 0) is 37.1 Å². The second-order valence-corrected chi connectivity index (χ2v) is 5.91. The monoisotopic (exact) mass is 339 g/mol. The zero-order valence-corrected chi connectivity index (χ0v) is 13.5. The number of furan rings is 1. The lowest BCUT2D eigenvalue weighted by atomic mass is 9.97. The summed E-state index contributed by atoms with van der Waals surface area (Å²) in [5.74, 6) is 1.69. The van der Waals surface area contributed by atoms with Crippen molar-refractivity contribution in [2.24, 2.45) is 5.92 Å². The van der Waals surface area contributed by atoms with Gasteiger partial charge in [0.1, 0.15) is 12.0 Å². The Bertz CT molecular complexity index is 815. The van der Waals surface area contributed by atoms with Crippen molar-refractivity contribution in [1.29, 1.82) is 0 Å². The van der Waals surface area contributed by atoms with Crippen LogP contribution < -0.4 is 10.2 Å². The van der Waals surface area contributed by atoms with Crippen LogP contribution in [-0.4, -0.2) is 34.4 Å². The molecule has 8 nitrogen and oxygen atoms in total. The van der Waals surface area contributed by atoms with E-state index in [2.05, 4.69) is 25.6 Å². The number of anilines is 2. The van der Waals surface area contributed by atoms with E-state index in [4.69, 9.17) is 8.94 Å². The second kappa shape index (κ2) is 6.76. The minimum atomic E-state index is -0.128. The van der Waals surface area contributed by atoms with Crippen LogP contribution >= 0.6 is 0 Å². The second-order valence-electron chi connectivity index (χ2n) is 5.91. The van der Waals surface area contributed by atoms with Gasteiger partial charge in [0.2, 0.25) is 5.91 Å². The third-order valence-corrected chi connectivity index (χ3v) is 4.23. The van der Waals surface area contributed by atoms with Crippen LogP contribution in [0.25, 0.3) is 11.5 Å². The molecule has 1 amide bonds. The molecule has 1 N–H and O–H groups in total. The highest BCUT2D eigenvalue weighted by Crippen LogP contribution is 2.24. The van der Waals surface area contributed by atoms with E-state index in [-0.39, 0.29) is 11.8 Å². The van der Waals surface area contributed by atoms with Crippen molar-refractivity contribution in [2.75, 3.05) is 23.3 Å². The van der Waals surface area contributed by atoms with Crippen LogP contribution in [0.15, 0.2) is 51.8 Å². The predicted octanol–water partition coefficient (Wildman–Crippen LogP) is 2.58. The summed E-state index contributed by atoms with van der Waals surface area (Å²) in [5, 5.41) is 15.0. The highest BCUT2D eigenvalue weighted by atomic mass is 16.5. The summed E-state index contributed by atoms with van der Waals surface area (Å²) >= 11 is 0. The Kier molecular flexibility index (Phi) is 4.16. The average Bonchev–Trinajstić information content (AvgIpc) is 3.36. The molecule has 1 fully saturated rings. The summed E-state index contributed by atoms with van der Waals surface area (Å²) in [5.41, 5.74) is 0.686. The van der Waals surface area contributed by atoms with Crippen molar-refractivity contribution in [3.05, 3.63) is 42.9 Å². The lowest BCUT2D eigenvalue weighted by Crippen LogP contribution is -2.41. The molecule has 1 aliphatic rings. The SMILES string of the molecule is O=C(Nc1ccon1)[C@@H]1CCCN(c2ccc(-c3ccco3)nn2)C1. The fourth-order valence-electron chi connectivity index (χ4n) is 2.95. The van der Waals surface area contributed by atoms with Gasteiger partial charge < -0.3 is 19.2 Å². The van der Waals surface area contributed by atoms with Gasteiger partial charge >= 0.3 is 0 Å². The zero-order chi connectivity index (χ0) is 17.1. The highest BCUT2D eigenvalue weighted by molar-refractivity contribution is 5.92. The quantitative estimate of drug-likeness (QED) is 0.780. The molecule has 0 bridgehead atoms. The van der Waals surface area contributed by atoms with Crippen molar-refractivity contribution in [1.82, 2.24) is 15.4 Å². The van der Waals surface area contributed by atoms with Gasteiger partial charge in [-0.2, -0.15) is 0 Å². The number of hydrogen-bond acceptors (Lipinski definition) is 7. The topological polar surface area (TPSA) is 97.3 Å². The van der Waals surface area contributed by atoms with Crippen molar-refractivity contribution in [2.45, 2.75) is 12.8 Å². The minimum absolute atomic E-state index is 0.0567. The maximum atomic E-state index is 12.4. The largest absolute Gasteiger partial charge is 0.463 e. The Morgan fingerprint density at radius 2 is 2.16 bits per heavy atom. The molecule has 1 aliphatic heterocycles. The first-order valence-corrected chi connectivity index (χ1v) is 8.13. The maximum Gasteiger partial charge on any atom is 0.230 e. The molecule has 128 valence electrons. The number of carbonyl (C=O) groups is 1. The lowest BCUT2D eigenvalue weighted by Gasteiger charge is -2.32. The van der Waals surface area contributed by atoms with E-state index in [1.807, 2.05) is 24.3 Å². The van der Waals surface area contributed by atoms with Crippen LogP contribution in [-0.2, 0) is 4.79 Å². The van der Waals surface area contributed by atoms with Crippen molar-refractivity contribution < 1.29 is 13.7 Å². The summed E-state index contributed by atoms with van der Waals surface area (Å²) in [6, 6.07) is 9.06. The molecule has 0 spiro atoms. The van der Waals surface area contributed by atoms with E-state index in [0.29, 0.717) is 23.8 Å². The maximum absolute atomic E-state index is 12.4. The molecule has 0 radical (unpaired) electrons. The van der Waals surface area contributed by atoms with Crippen LogP contribution in [0.2, 0.25) is 0 Å². The Morgan fingerprint density at radius 3 is 2.88 bits per heavy atom. The van der Waals surface area contributed by atoms with E-state index in [1.165, 1.54) is 6.26 Å². The number of rotatable bonds is 4. The van der Waals surface area contributed by atoms with Gasteiger partial charge in [0, 0.05) is 19.2 Å². The first-order valence-electron chi connectivity index (χ1n) is 8.13. The number of nitrogens with one attached hydrogen (secondary N) is 1. The lowest BCUT2D eigenvalue weighted by molar-refractivity contribution is -0.120. The minimum Gasteiger partial charge on any atom is -0.463 e. The van der Waals surface area contributed by atoms with Gasteiger partial charge in [-0.15, -0.1) is 10.2 Å². The van der Waals surface area contributed by atoms with Gasteiger partial charge in [0.25, 0.3) is 0 Å². The molecule has 3 aromatic rings. The van der Waals surface area contributed by atoms with Crippen LogP contribution in [0.1, 0.15) is 12.8 Å². The first-order chi connectivity index (χ1) is 12.3. The summed E-state index contributed by atoms with van der Waals surface area (Å²) in [4.78, 5) is 14.5. The van der Waals surface area contributed by atoms with E-state index in [1.54, 1.807) is 12.3 Å². The standard InChI is InChI=1S/C17H17N5O3/c23-17(18-15-7-10-25-21-15)12-3-1-8-22(11-12)16-6-5-13(19-20-16)14-4-2-9-24-14/h2,4-7,9-10,12H,1,3,8,11H2,(H,18,21,23)/t12-/m1/s1. The molecule has 1 saturated heterocycles. The first kappa shape index (κ1) is 15.4. The number of nitrogens with zero attached hydrogens (tertiary/aromatic N) is 4. The molecular formula is C17H17N5O3. The Labute approximate surface area is 143 Å². The van der Waals surface area contributed by atoms with Crippen molar-refractivity contribution >= 4 is 17.5 Å². The van der Waals surface area contributed by atoms with Gasteiger partial charge in [-0.1, -0.05) is 5.16 Å². The van der Waals surface area contributed by atoms with Gasteiger partial charge in [0.05, 0.1) is 12.2 Å². The fraction of sp³-hybridized carbons (Fsp3) is 0.294. The van der Waals surface area contributed by atoms with Gasteiger partial charge in [-0.25, -0.2) is 0 Å². The molecule has 3 aromatic heterocycles. The summed E-state index contributed by atoms with van der Waals surface area (Å²) in [7, 11) is 0. The molecule has 0 saturated carbocycles. The van der Waals surface area contributed by atoms with Crippen molar-refractivity contribution in [3.8, 4) is 11.5 Å². The number of piperidine rings is 1. The molecule has 4 heterocycles. The van der Waals surface area contributed by atoms with E-state index in [9.17, 15) is 4.79 Å². The predicted molar refractivity (Wildman–Crippen MR) is 89.8 cm³/mol. The molecule has 8 heteroatoms. The Morgan fingerprint density at radius 1 is 1.20 bits per heavy atom. The summed E-state index contributed by atoms with van der Waals surface area (Å²) < 4.78 is 10.1. The van der Waals surface area contributed by atoms with Crippen molar-refractivity contribution in [3.63, 3.8) is 0 Å². The third-order valence-electron chi connectivity index (χ3n) is 4.23. The smallest absolute Gasteiger partial charge is 0.230 e. The molecule has 25 heavy (non-hydrogen) atoms. The number of carbonyl (C=O) groups excluding carboxylic acids is 1. The fourth-order valence-corrected chi connectivity index (χ4v) is 2.95. The summed E-state index contributed by atoms with van der Waals surface area (Å²) in [6.45, 7) is 1.45. The third kappa shape index (κ3) is 3.37. The van der Waals surface area contributed by atoms with Gasteiger partial charge in [-0.3, -0.25) is 4.79 Å².